The summed E-state index contributed by atoms with van der Waals surface area (Å²) >= 11 is 0. The van der Waals surface area contributed by atoms with Crippen molar-refractivity contribution in [2.45, 2.75) is 6.92 Å². The standard InChI is InChI=1S/C16H12FN3/c1-10-7-12(4-5-13(10)17)16-19-14-8-11(9-18)3-6-15(14)20(16)2/h3-8H,1-2H3. The molecule has 0 unspecified atom stereocenters. The summed E-state index contributed by atoms with van der Waals surface area (Å²) in [6, 6.07) is 12.5. The maximum absolute atomic E-state index is 13.4. The molecule has 2 aromatic carbocycles. The van der Waals surface area contributed by atoms with Crippen molar-refractivity contribution in [3.63, 3.8) is 0 Å². The lowest BCUT2D eigenvalue weighted by atomic mass is 10.1. The van der Waals surface area contributed by atoms with Crippen molar-refractivity contribution in [1.29, 1.82) is 5.26 Å². The van der Waals surface area contributed by atoms with E-state index in [1.807, 2.05) is 17.7 Å². The Kier molecular flexibility index (Phi) is 2.76. The van der Waals surface area contributed by atoms with E-state index in [4.69, 9.17) is 5.26 Å². The van der Waals surface area contributed by atoms with Crippen LogP contribution in [0.3, 0.4) is 0 Å². The quantitative estimate of drug-likeness (QED) is 0.675. The summed E-state index contributed by atoms with van der Waals surface area (Å²) in [5, 5.41) is 8.93. The Morgan fingerprint density at radius 2 is 2.00 bits per heavy atom. The molecule has 0 amide bonds. The lowest BCUT2D eigenvalue weighted by Gasteiger charge is -2.04. The van der Waals surface area contributed by atoms with E-state index < -0.39 is 0 Å². The van der Waals surface area contributed by atoms with Crippen LogP contribution in [0.4, 0.5) is 4.39 Å². The Bertz CT molecular complexity index is 856. The Morgan fingerprint density at radius 3 is 2.70 bits per heavy atom. The molecular formula is C16H12FN3. The molecule has 0 saturated carbocycles. The van der Waals surface area contributed by atoms with Crippen molar-refractivity contribution in [2.24, 2.45) is 7.05 Å². The zero-order valence-corrected chi connectivity index (χ0v) is 11.2. The van der Waals surface area contributed by atoms with Crippen molar-refractivity contribution < 1.29 is 4.39 Å². The van der Waals surface area contributed by atoms with Crippen LogP contribution in [-0.2, 0) is 7.05 Å². The van der Waals surface area contributed by atoms with Crippen molar-refractivity contribution in [3.8, 4) is 17.5 Å². The molecule has 0 atom stereocenters. The summed E-state index contributed by atoms with van der Waals surface area (Å²) in [7, 11) is 1.91. The minimum Gasteiger partial charge on any atom is -0.327 e. The molecule has 0 radical (unpaired) electrons. The summed E-state index contributed by atoms with van der Waals surface area (Å²) in [6.07, 6.45) is 0. The number of rotatable bonds is 1. The van der Waals surface area contributed by atoms with E-state index >= 15 is 0 Å². The first-order valence-corrected chi connectivity index (χ1v) is 6.23. The van der Waals surface area contributed by atoms with Crippen LogP contribution in [0.5, 0.6) is 0 Å². The van der Waals surface area contributed by atoms with Crippen LogP contribution >= 0.6 is 0 Å². The van der Waals surface area contributed by atoms with Gasteiger partial charge in [0, 0.05) is 12.6 Å². The fraction of sp³-hybridized carbons (Fsp3) is 0.125. The maximum atomic E-state index is 13.4. The number of fused-ring (bicyclic) bond motifs is 1. The van der Waals surface area contributed by atoms with Gasteiger partial charge in [-0.1, -0.05) is 0 Å². The highest BCUT2D eigenvalue weighted by Crippen LogP contribution is 2.25. The Labute approximate surface area is 115 Å². The minimum absolute atomic E-state index is 0.223. The van der Waals surface area contributed by atoms with Gasteiger partial charge in [0.05, 0.1) is 22.7 Å². The highest BCUT2D eigenvalue weighted by atomic mass is 19.1. The molecule has 98 valence electrons. The first-order chi connectivity index (χ1) is 9.60. The number of aromatic nitrogens is 2. The summed E-state index contributed by atoms with van der Waals surface area (Å²) in [5.74, 6) is 0.539. The average molecular weight is 265 g/mol. The molecule has 3 rings (SSSR count). The second-order valence-electron chi connectivity index (χ2n) is 4.77. The van der Waals surface area contributed by atoms with Gasteiger partial charge >= 0.3 is 0 Å². The lowest BCUT2D eigenvalue weighted by molar-refractivity contribution is 0.618. The van der Waals surface area contributed by atoms with E-state index in [1.165, 1.54) is 6.07 Å². The molecule has 4 heteroatoms. The van der Waals surface area contributed by atoms with E-state index in [2.05, 4.69) is 11.1 Å². The molecule has 1 heterocycles. The second-order valence-corrected chi connectivity index (χ2v) is 4.77. The molecule has 0 aliphatic heterocycles. The van der Waals surface area contributed by atoms with Crippen molar-refractivity contribution >= 4 is 11.0 Å². The Morgan fingerprint density at radius 1 is 1.20 bits per heavy atom. The highest BCUT2D eigenvalue weighted by molar-refractivity contribution is 5.81. The van der Waals surface area contributed by atoms with E-state index in [0.29, 0.717) is 11.1 Å². The third-order valence-corrected chi connectivity index (χ3v) is 3.43. The van der Waals surface area contributed by atoms with Crippen LogP contribution < -0.4 is 0 Å². The predicted molar refractivity (Wildman–Crippen MR) is 75.6 cm³/mol. The zero-order valence-electron chi connectivity index (χ0n) is 11.2. The third-order valence-electron chi connectivity index (χ3n) is 3.43. The van der Waals surface area contributed by atoms with Gasteiger partial charge in [-0.05, 0) is 48.9 Å². The fourth-order valence-corrected chi connectivity index (χ4v) is 2.31. The summed E-state index contributed by atoms with van der Waals surface area (Å²) in [6.45, 7) is 1.73. The highest BCUT2D eigenvalue weighted by Gasteiger charge is 2.11. The van der Waals surface area contributed by atoms with Gasteiger partial charge < -0.3 is 4.57 Å². The van der Waals surface area contributed by atoms with E-state index in [0.717, 1.165) is 22.4 Å². The molecule has 1 aromatic heterocycles. The monoisotopic (exact) mass is 265 g/mol. The molecular weight excluding hydrogens is 253 g/mol. The zero-order chi connectivity index (χ0) is 14.3. The number of imidazole rings is 1. The van der Waals surface area contributed by atoms with Crippen molar-refractivity contribution in [2.75, 3.05) is 0 Å². The normalized spacial score (nSPS) is 10.7. The van der Waals surface area contributed by atoms with Crippen LogP contribution in [0.15, 0.2) is 36.4 Å². The molecule has 0 aliphatic rings. The van der Waals surface area contributed by atoms with E-state index in [-0.39, 0.29) is 5.82 Å². The number of aryl methyl sites for hydroxylation is 2. The Balaban J connectivity index is 2.23. The minimum atomic E-state index is -0.223. The first kappa shape index (κ1) is 12.4. The second kappa shape index (κ2) is 4.46. The molecule has 3 nitrogen and oxygen atoms in total. The number of nitriles is 1. The summed E-state index contributed by atoms with van der Waals surface area (Å²) in [5.41, 5.74) is 3.75. The molecule has 0 aliphatic carbocycles. The van der Waals surface area contributed by atoms with Gasteiger partial charge in [0.2, 0.25) is 0 Å². The van der Waals surface area contributed by atoms with Gasteiger partial charge in [-0.25, -0.2) is 9.37 Å². The Hall–Kier alpha value is -2.67. The molecule has 20 heavy (non-hydrogen) atoms. The van der Waals surface area contributed by atoms with Crippen LogP contribution in [0.25, 0.3) is 22.4 Å². The molecule has 3 aromatic rings. The molecule has 0 spiro atoms. The van der Waals surface area contributed by atoms with E-state index in [9.17, 15) is 4.39 Å². The van der Waals surface area contributed by atoms with Crippen LogP contribution in [0, 0.1) is 24.1 Å². The largest absolute Gasteiger partial charge is 0.327 e. The number of hydrogen-bond donors (Lipinski definition) is 0. The van der Waals surface area contributed by atoms with Crippen LogP contribution in [-0.4, -0.2) is 9.55 Å². The smallest absolute Gasteiger partial charge is 0.140 e. The third kappa shape index (κ3) is 1.84. The summed E-state index contributed by atoms with van der Waals surface area (Å²) < 4.78 is 15.3. The van der Waals surface area contributed by atoms with Gasteiger partial charge in [0.1, 0.15) is 11.6 Å². The molecule has 0 N–H and O–H groups in total. The molecule has 0 fully saturated rings. The lowest BCUT2D eigenvalue weighted by Crippen LogP contribution is -1.93. The number of halogens is 1. The molecule has 0 saturated heterocycles. The van der Waals surface area contributed by atoms with Gasteiger partial charge in [-0.15, -0.1) is 0 Å². The number of benzene rings is 2. The van der Waals surface area contributed by atoms with Crippen LogP contribution in [0.2, 0.25) is 0 Å². The van der Waals surface area contributed by atoms with Gasteiger partial charge in [0.25, 0.3) is 0 Å². The SMILES string of the molecule is Cc1cc(-c2nc3cc(C#N)ccc3n2C)ccc1F. The van der Waals surface area contributed by atoms with Gasteiger partial charge in [0.15, 0.2) is 0 Å². The van der Waals surface area contributed by atoms with Gasteiger partial charge in [-0.2, -0.15) is 5.26 Å². The number of hydrogen-bond acceptors (Lipinski definition) is 2. The first-order valence-electron chi connectivity index (χ1n) is 6.23. The topological polar surface area (TPSA) is 41.6 Å². The predicted octanol–water partition coefficient (Wildman–Crippen LogP) is 3.56. The van der Waals surface area contributed by atoms with Gasteiger partial charge in [-0.3, -0.25) is 0 Å². The van der Waals surface area contributed by atoms with Crippen molar-refractivity contribution in [1.82, 2.24) is 9.55 Å². The maximum Gasteiger partial charge on any atom is 0.140 e. The van der Waals surface area contributed by atoms with E-state index in [1.54, 1.807) is 31.2 Å². The average Bonchev–Trinajstić information content (AvgIpc) is 2.78. The number of nitrogens with zero attached hydrogens (tertiary/aromatic N) is 3. The summed E-state index contributed by atoms with van der Waals surface area (Å²) in [4.78, 5) is 4.55. The molecule has 0 bridgehead atoms. The fourth-order valence-electron chi connectivity index (χ4n) is 2.31. The van der Waals surface area contributed by atoms with Crippen molar-refractivity contribution in [3.05, 3.63) is 53.3 Å². The van der Waals surface area contributed by atoms with Crippen LogP contribution in [0.1, 0.15) is 11.1 Å².